The van der Waals surface area contributed by atoms with Gasteiger partial charge in [-0.25, -0.2) is 9.97 Å². The van der Waals surface area contributed by atoms with Crippen LogP contribution in [0.3, 0.4) is 0 Å². The molecule has 4 nitrogen and oxygen atoms in total. The van der Waals surface area contributed by atoms with Crippen LogP contribution in [0.5, 0.6) is 0 Å². The molecule has 0 bridgehead atoms. The topological polar surface area (TPSA) is 55.7 Å². The van der Waals surface area contributed by atoms with Gasteiger partial charge in [-0.15, -0.1) is 11.8 Å². The van der Waals surface area contributed by atoms with Crippen LogP contribution in [-0.4, -0.2) is 26.0 Å². The lowest BCUT2D eigenvalue weighted by Crippen LogP contribution is -2.16. The molecule has 2 heterocycles. The van der Waals surface area contributed by atoms with E-state index in [0.717, 1.165) is 33.2 Å². The van der Waals surface area contributed by atoms with Gasteiger partial charge in [0.2, 0.25) is 0 Å². The van der Waals surface area contributed by atoms with E-state index in [9.17, 15) is 4.79 Å². The van der Waals surface area contributed by atoms with E-state index in [2.05, 4.69) is 40.1 Å². The van der Waals surface area contributed by atoms with Gasteiger partial charge < -0.3 is 4.79 Å². The van der Waals surface area contributed by atoms with E-state index in [4.69, 9.17) is 0 Å². The largest absolute Gasteiger partial charge is 0.302 e. The number of carbonyl (C=O) groups excluding carboxylic acids is 1. The summed E-state index contributed by atoms with van der Waals surface area (Å²) in [5.41, 5.74) is 2.95. The molecule has 23 heavy (non-hydrogen) atoms. The molecule has 2 aromatic heterocycles. The molecular weight excluding hydrogens is 306 g/mol. The molecule has 5 heteroatoms. The van der Waals surface area contributed by atoms with E-state index >= 15 is 0 Å². The summed E-state index contributed by atoms with van der Waals surface area (Å²) in [5, 5.41) is 2.17. The second kappa shape index (κ2) is 6.08. The minimum Gasteiger partial charge on any atom is -0.302 e. The summed E-state index contributed by atoms with van der Waals surface area (Å²) in [6.45, 7) is 5.82. The molecular formula is C18H17N3OS. The van der Waals surface area contributed by atoms with Crippen molar-refractivity contribution in [3.05, 3.63) is 48.7 Å². The predicted molar refractivity (Wildman–Crippen MR) is 93.5 cm³/mol. The van der Waals surface area contributed by atoms with Crippen LogP contribution in [0.25, 0.3) is 22.0 Å². The Labute approximate surface area is 139 Å². The maximum absolute atomic E-state index is 11.3. The fourth-order valence-corrected chi connectivity index (χ4v) is 3.37. The first kappa shape index (κ1) is 15.6. The molecule has 0 atom stereocenters. The SMILES string of the molecule is Cc1ccc2c(-c3ncncc3SC(C)(C)C=O)cncc2c1. The molecule has 0 amide bonds. The summed E-state index contributed by atoms with van der Waals surface area (Å²) < 4.78 is -0.534. The Morgan fingerprint density at radius 1 is 1.13 bits per heavy atom. The molecule has 3 rings (SSSR count). The number of benzene rings is 1. The first-order valence-electron chi connectivity index (χ1n) is 7.30. The molecule has 0 unspecified atom stereocenters. The molecule has 0 spiro atoms. The summed E-state index contributed by atoms with van der Waals surface area (Å²) in [6, 6.07) is 6.27. The highest BCUT2D eigenvalue weighted by Gasteiger charge is 2.22. The van der Waals surface area contributed by atoms with Crippen molar-refractivity contribution in [3.63, 3.8) is 0 Å². The molecule has 0 aliphatic rings. The monoisotopic (exact) mass is 323 g/mol. The first-order valence-corrected chi connectivity index (χ1v) is 8.12. The van der Waals surface area contributed by atoms with Crippen LogP contribution in [0.15, 0.2) is 48.0 Å². The van der Waals surface area contributed by atoms with Crippen molar-refractivity contribution in [2.45, 2.75) is 30.4 Å². The fraction of sp³-hybridized carbons (Fsp3) is 0.222. The van der Waals surface area contributed by atoms with Crippen molar-refractivity contribution in [2.75, 3.05) is 0 Å². The summed E-state index contributed by atoms with van der Waals surface area (Å²) in [6.07, 6.45) is 7.90. The Morgan fingerprint density at radius 3 is 2.74 bits per heavy atom. The number of thioether (sulfide) groups is 1. The van der Waals surface area contributed by atoms with Crippen molar-refractivity contribution in [1.82, 2.24) is 15.0 Å². The van der Waals surface area contributed by atoms with Crippen LogP contribution < -0.4 is 0 Å². The van der Waals surface area contributed by atoms with E-state index in [1.807, 2.05) is 26.2 Å². The zero-order valence-corrected chi connectivity index (χ0v) is 14.1. The fourth-order valence-electron chi connectivity index (χ4n) is 2.39. The molecule has 116 valence electrons. The lowest BCUT2D eigenvalue weighted by molar-refractivity contribution is -0.109. The number of nitrogens with zero attached hydrogens (tertiary/aromatic N) is 3. The molecule has 0 aliphatic carbocycles. The van der Waals surface area contributed by atoms with E-state index in [1.54, 1.807) is 6.20 Å². The van der Waals surface area contributed by atoms with Crippen molar-refractivity contribution in [1.29, 1.82) is 0 Å². The molecule has 3 aromatic rings. The van der Waals surface area contributed by atoms with Gasteiger partial charge in [0.1, 0.15) is 12.6 Å². The van der Waals surface area contributed by atoms with Crippen LogP contribution in [0.1, 0.15) is 19.4 Å². The van der Waals surface area contributed by atoms with E-state index in [0.29, 0.717) is 0 Å². The number of hydrogen-bond donors (Lipinski definition) is 0. The van der Waals surface area contributed by atoms with Crippen LogP contribution >= 0.6 is 11.8 Å². The number of pyridine rings is 1. The highest BCUT2D eigenvalue weighted by molar-refractivity contribution is 8.01. The maximum atomic E-state index is 11.3. The average Bonchev–Trinajstić information content (AvgIpc) is 2.54. The van der Waals surface area contributed by atoms with Gasteiger partial charge >= 0.3 is 0 Å². The minimum absolute atomic E-state index is 0.534. The first-order chi connectivity index (χ1) is 11.0. The van der Waals surface area contributed by atoms with Crippen LogP contribution in [-0.2, 0) is 4.79 Å². The van der Waals surface area contributed by atoms with Crippen LogP contribution in [0.2, 0.25) is 0 Å². The normalized spacial score (nSPS) is 11.6. The smallest absolute Gasteiger partial charge is 0.135 e. The molecule has 0 saturated carbocycles. The summed E-state index contributed by atoms with van der Waals surface area (Å²) in [5.74, 6) is 0. The lowest BCUT2D eigenvalue weighted by atomic mass is 10.0. The quantitative estimate of drug-likeness (QED) is 0.535. The van der Waals surface area contributed by atoms with Gasteiger partial charge in [0.05, 0.1) is 15.3 Å². The van der Waals surface area contributed by atoms with E-state index in [-0.39, 0.29) is 0 Å². The summed E-state index contributed by atoms with van der Waals surface area (Å²) in [7, 11) is 0. The molecule has 0 radical (unpaired) electrons. The number of carbonyl (C=O) groups is 1. The van der Waals surface area contributed by atoms with Crippen molar-refractivity contribution in [3.8, 4) is 11.3 Å². The standard InChI is InChI=1S/C18H17N3OS/c1-12-4-5-14-13(6-12)7-19-8-15(14)17-16(9-20-11-21-17)23-18(2,3)10-22/h4-11H,1-3H3. The van der Waals surface area contributed by atoms with Crippen molar-refractivity contribution in [2.24, 2.45) is 0 Å². The summed E-state index contributed by atoms with van der Waals surface area (Å²) >= 11 is 1.46. The second-order valence-electron chi connectivity index (χ2n) is 5.97. The van der Waals surface area contributed by atoms with Gasteiger partial charge in [-0.3, -0.25) is 4.98 Å². The number of aryl methyl sites for hydroxylation is 1. The van der Waals surface area contributed by atoms with Gasteiger partial charge in [0.25, 0.3) is 0 Å². The third-order valence-electron chi connectivity index (χ3n) is 3.51. The van der Waals surface area contributed by atoms with E-state index in [1.165, 1.54) is 23.7 Å². The number of hydrogen-bond acceptors (Lipinski definition) is 5. The molecule has 0 aliphatic heterocycles. The number of aldehydes is 1. The molecule has 0 fully saturated rings. The van der Waals surface area contributed by atoms with E-state index < -0.39 is 4.75 Å². The lowest BCUT2D eigenvalue weighted by Gasteiger charge is -2.18. The molecule has 0 saturated heterocycles. The molecule has 0 N–H and O–H groups in total. The Kier molecular flexibility index (Phi) is 4.13. The third-order valence-corrected chi connectivity index (χ3v) is 4.65. The highest BCUT2D eigenvalue weighted by Crippen LogP contribution is 2.38. The Hall–Kier alpha value is -2.27. The highest BCUT2D eigenvalue weighted by atomic mass is 32.2. The Morgan fingerprint density at radius 2 is 1.96 bits per heavy atom. The van der Waals surface area contributed by atoms with Gasteiger partial charge in [0, 0.05) is 29.5 Å². The zero-order chi connectivity index (χ0) is 16.4. The van der Waals surface area contributed by atoms with Gasteiger partial charge in [-0.2, -0.15) is 0 Å². The second-order valence-corrected chi connectivity index (χ2v) is 7.67. The zero-order valence-electron chi connectivity index (χ0n) is 13.3. The number of fused-ring (bicyclic) bond motifs is 1. The maximum Gasteiger partial charge on any atom is 0.135 e. The van der Waals surface area contributed by atoms with Crippen LogP contribution in [0, 0.1) is 6.92 Å². The molecule has 1 aromatic carbocycles. The van der Waals surface area contributed by atoms with Gasteiger partial charge in [-0.1, -0.05) is 17.7 Å². The Bertz CT molecular complexity index is 877. The number of rotatable bonds is 4. The van der Waals surface area contributed by atoms with Crippen molar-refractivity contribution < 1.29 is 4.79 Å². The Balaban J connectivity index is 2.18. The summed E-state index contributed by atoms with van der Waals surface area (Å²) in [4.78, 5) is 25.0. The minimum atomic E-state index is -0.534. The average molecular weight is 323 g/mol. The van der Waals surface area contributed by atoms with Gasteiger partial charge in [0.15, 0.2) is 0 Å². The number of aromatic nitrogens is 3. The van der Waals surface area contributed by atoms with Crippen LogP contribution in [0.4, 0.5) is 0 Å². The predicted octanol–water partition coefficient (Wildman–Crippen LogP) is 4.07. The third kappa shape index (κ3) is 3.24. The van der Waals surface area contributed by atoms with Gasteiger partial charge in [-0.05, 0) is 32.2 Å². The van der Waals surface area contributed by atoms with Crippen molar-refractivity contribution >= 4 is 28.8 Å².